The van der Waals surface area contributed by atoms with Gasteiger partial charge in [0.15, 0.2) is 0 Å². The maximum absolute atomic E-state index is 12.5. The minimum absolute atomic E-state index is 0.169. The second kappa shape index (κ2) is 6.70. The maximum atomic E-state index is 12.5. The summed E-state index contributed by atoms with van der Waals surface area (Å²) in [5, 5.41) is 12.5. The molecule has 7 heteroatoms. The van der Waals surface area contributed by atoms with Crippen LogP contribution in [0.25, 0.3) is 5.69 Å². The normalized spacial score (nSPS) is 15.9. The first-order chi connectivity index (χ1) is 11.1. The number of tetrazole rings is 1. The summed E-state index contributed by atoms with van der Waals surface area (Å²) in [6, 6.07) is 6.18. The molecule has 1 fully saturated rings. The number of carbonyl (C=O) groups is 1. The first kappa shape index (κ1) is 16.0. The molecule has 1 amide bonds. The van der Waals surface area contributed by atoms with Gasteiger partial charge in [-0.3, -0.25) is 4.79 Å². The Morgan fingerprint density at radius 3 is 2.74 bits per heavy atom. The Balaban J connectivity index is 1.81. The van der Waals surface area contributed by atoms with Gasteiger partial charge in [0, 0.05) is 13.1 Å². The van der Waals surface area contributed by atoms with E-state index in [0.29, 0.717) is 5.16 Å². The predicted molar refractivity (Wildman–Crippen MR) is 89.8 cm³/mol. The van der Waals surface area contributed by atoms with E-state index in [-0.39, 0.29) is 11.2 Å². The lowest BCUT2D eigenvalue weighted by atomic mass is 10.1. The third-order valence-electron chi connectivity index (χ3n) is 4.08. The molecule has 0 N–H and O–H groups in total. The van der Waals surface area contributed by atoms with Crippen LogP contribution in [0, 0.1) is 13.8 Å². The van der Waals surface area contributed by atoms with Crippen LogP contribution in [-0.2, 0) is 4.79 Å². The number of thioether (sulfide) groups is 1. The molecule has 1 aromatic heterocycles. The zero-order valence-electron chi connectivity index (χ0n) is 13.7. The summed E-state index contributed by atoms with van der Waals surface area (Å²) in [5.74, 6) is 0.169. The van der Waals surface area contributed by atoms with Gasteiger partial charge in [-0.1, -0.05) is 23.9 Å². The first-order valence-electron chi connectivity index (χ1n) is 7.87. The van der Waals surface area contributed by atoms with E-state index < -0.39 is 0 Å². The monoisotopic (exact) mass is 331 g/mol. The predicted octanol–water partition coefficient (Wildman–Crippen LogP) is 2.38. The SMILES string of the molecule is Cc1ccc(C)c(-n2nnnc2S[C@@H](C)C(=O)N2CCCC2)c1. The van der Waals surface area contributed by atoms with E-state index in [2.05, 4.69) is 33.7 Å². The van der Waals surface area contributed by atoms with E-state index in [1.807, 2.05) is 25.7 Å². The first-order valence-corrected chi connectivity index (χ1v) is 8.75. The van der Waals surface area contributed by atoms with Crippen LogP contribution in [0.2, 0.25) is 0 Å². The van der Waals surface area contributed by atoms with E-state index >= 15 is 0 Å². The van der Waals surface area contributed by atoms with Crippen LogP contribution in [0.15, 0.2) is 23.4 Å². The molecule has 1 aromatic carbocycles. The summed E-state index contributed by atoms with van der Waals surface area (Å²) in [4.78, 5) is 14.4. The molecule has 1 aliphatic rings. The van der Waals surface area contributed by atoms with Crippen molar-refractivity contribution in [1.82, 2.24) is 25.1 Å². The lowest BCUT2D eigenvalue weighted by Crippen LogP contribution is -2.34. The third kappa shape index (κ3) is 3.39. The number of likely N-dealkylation sites (tertiary alicyclic amines) is 1. The van der Waals surface area contributed by atoms with Crippen LogP contribution in [0.4, 0.5) is 0 Å². The molecule has 0 aliphatic carbocycles. The average molecular weight is 331 g/mol. The van der Waals surface area contributed by atoms with Crippen LogP contribution in [0.5, 0.6) is 0 Å². The lowest BCUT2D eigenvalue weighted by Gasteiger charge is -2.19. The molecular formula is C16H21N5OS. The number of hydrogen-bond acceptors (Lipinski definition) is 5. The third-order valence-corrected chi connectivity index (χ3v) is 5.10. The van der Waals surface area contributed by atoms with Gasteiger partial charge in [-0.25, -0.2) is 0 Å². The van der Waals surface area contributed by atoms with Crippen LogP contribution >= 0.6 is 11.8 Å². The molecule has 23 heavy (non-hydrogen) atoms. The Labute approximate surface area is 140 Å². The van der Waals surface area contributed by atoms with Gasteiger partial charge in [0.05, 0.1) is 10.9 Å². The zero-order valence-corrected chi connectivity index (χ0v) is 14.5. The minimum Gasteiger partial charge on any atom is -0.342 e. The van der Waals surface area contributed by atoms with Gasteiger partial charge in [0.2, 0.25) is 11.1 Å². The van der Waals surface area contributed by atoms with E-state index in [0.717, 1.165) is 42.7 Å². The highest BCUT2D eigenvalue weighted by atomic mass is 32.2. The number of aryl methyl sites for hydroxylation is 2. The Hall–Kier alpha value is -1.89. The fourth-order valence-corrected chi connectivity index (χ4v) is 3.64. The van der Waals surface area contributed by atoms with Crippen molar-refractivity contribution in [2.24, 2.45) is 0 Å². The Kier molecular flexibility index (Phi) is 4.66. The Bertz CT molecular complexity index is 708. The molecule has 2 aromatic rings. The second-order valence-corrected chi connectivity index (χ2v) is 7.26. The maximum Gasteiger partial charge on any atom is 0.235 e. The molecule has 0 saturated carbocycles. The smallest absolute Gasteiger partial charge is 0.235 e. The number of hydrogen-bond donors (Lipinski definition) is 0. The van der Waals surface area contributed by atoms with Crippen LogP contribution in [-0.4, -0.2) is 49.4 Å². The van der Waals surface area contributed by atoms with Gasteiger partial charge >= 0.3 is 0 Å². The zero-order chi connectivity index (χ0) is 16.4. The van der Waals surface area contributed by atoms with Crippen molar-refractivity contribution < 1.29 is 4.79 Å². The molecule has 2 heterocycles. The Morgan fingerprint density at radius 2 is 2.00 bits per heavy atom. The van der Waals surface area contributed by atoms with Gasteiger partial charge in [0.1, 0.15) is 0 Å². The van der Waals surface area contributed by atoms with Gasteiger partial charge in [0.25, 0.3) is 0 Å². The molecule has 6 nitrogen and oxygen atoms in total. The average Bonchev–Trinajstić information content (AvgIpc) is 3.20. The topological polar surface area (TPSA) is 63.9 Å². The number of benzene rings is 1. The van der Waals surface area contributed by atoms with Crippen molar-refractivity contribution in [3.63, 3.8) is 0 Å². The van der Waals surface area contributed by atoms with E-state index in [4.69, 9.17) is 0 Å². The molecule has 1 aliphatic heterocycles. The van der Waals surface area contributed by atoms with E-state index in [1.165, 1.54) is 11.8 Å². The van der Waals surface area contributed by atoms with Crippen molar-refractivity contribution in [2.45, 2.75) is 44.0 Å². The largest absolute Gasteiger partial charge is 0.342 e. The standard InChI is InChI=1S/C16H21N5OS/c1-11-6-7-12(2)14(10-11)21-16(17-18-19-21)23-13(3)15(22)20-8-4-5-9-20/h6-7,10,13H,4-5,8-9H2,1-3H3/t13-/m0/s1. The molecular weight excluding hydrogens is 310 g/mol. The summed E-state index contributed by atoms with van der Waals surface area (Å²) in [5.41, 5.74) is 3.21. The molecule has 1 saturated heterocycles. The fourth-order valence-electron chi connectivity index (χ4n) is 2.75. The molecule has 1 atom stereocenters. The van der Waals surface area contributed by atoms with Gasteiger partial charge in [-0.05, 0) is 61.2 Å². The number of rotatable bonds is 4. The highest BCUT2D eigenvalue weighted by Crippen LogP contribution is 2.26. The summed E-state index contributed by atoms with van der Waals surface area (Å²) in [6.45, 7) is 7.73. The molecule has 3 rings (SSSR count). The second-order valence-electron chi connectivity index (χ2n) is 5.96. The van der Waals surface area contributed by atoms with Crippen molar-refractivity contribution >= 4 is 17.7 Å². The molecule has 122 valence electrons. The Morgan fingerprint density at radius 1 is 1.26 bits per heavy atom. The van der Waals surface area contributed by atoms with Crippen molar-refractivity contribution in [2.75, 3.05) is 13.1 Å². The fraction of sp³-hybridized carbons (Fsp3) is 0.500. The van der Waals surface area contributed by atoms with Crippen LogP contribution in [0.3, 0.4) is 0 Å². The van der Waals surface area contributed by atoms with Crippen molar-refractivity contribution in [3.8, 4) is 5.69 Å². The number of amides is 1. The summed E-state index contributed by atoms with van der Waals surface area (Å²) in [7, 11) is 0. The number of carbonyl (C=O) groups excluding carboxylic acids is 1. The van der Waals surface area contributed by atoms with Gasteiger partial charge in [-0.2, -0.15) is 4.68 Å². The van der Waals surface area contributed by atoms with Gasteiger partial charge in [-0.15, -0.1) is 5.10 Å². The quantitative estimate of drug-likeness (QED) is 0.805. The summed E-state index contributed by atoms with van der Waals surface area (Å²) < 4.78 is 1.72. The minimum atomic E-state index is -0.192. The molecule has 0 bridgehead atoms. The number of nitrogens with zero attached hydrogens (tertiary/aromatic N) is 5. The number of aromatic nitrogens is 4. The van der Waals surface area contributed by atoms with Crippen molar-refractivity contribution in [1.29, 1.82) is 0 Å². The van der Waals surface area contributed by atoms with Crippen LogP contribution in [0.1, 0.15) is 30.9 Å². The lowest BCUT2D eigenvalue weighted by molar-refractivity contribution is -0.129. The molecule has 0 spiro atoms. The summed E-state index contributed by atoms with van der Waals surface area (Å²) in [6.07, 6.45) is 2.20. The van der Waals surface area contributed by atoms with E-state index in [9.17, 15) is 4.79 Å². The highest BCUT2D eigenvalue weighted by molar-refractivity contribution is 8.00. The highest BCUT2D eigenvalue weighted by Gasteiger charge is 2.26. The van der Waals surface area contributed by atoms with Crippen LogP contribution < -0.4 is 0 Å². The van der Waals surface area contributed by atoms with E-state index in [1.54, 1.807) is 4.68 Å². The molecule has 0 unspecified atom stereocenters. The molecule has 0 radical (unpaired) electrons. The van der Waals surface area contributed by atoms with Gasteiger partial charge < -0.3 is 4.90 Å². The van der Waals surface area contributed by atoms with Crippen molar-refractivity contribution in [3.05, 3.63) is 29.3 Å². The summed E-state index contributed by atoms with van der Waals surface area (Å²) >= 11 is 1.42.